The summed E-state index contributed by atoms with van der Waals surface area (Å²) in [4.78, 5) is 25.4. The Morgan fingerprint density at radius 2 is 1.80 bits per heavy atom. The molecule has 1 aromatic carbocycles. The predicted octanol–water partition coefficient (Wildman–Crippen LogP) is 2.20. The number of carbonyl (C=O) groups excluding carboxylic acids is 2. The van der Waals surface area contributed by atoms with Crippen molar-refractivity contribution in [1.29, 1.82) is 0 Å². The third-order valence-electron chi connectivity index (χ3n) is 3.87. The highest BCUT2D eigenvalue weighted by Gasteiger charge is 2.24. The first kappa shape index (κ1) is 18.9. The lowest BCUT2D eigenvalue weighted by Crippen LogP contribution is -2.47. The van der Waals surface area contributed by atoms with Crippen LogP contribution >= 0.6 is 0 Å². The van der Waals surface area contributed by atoms with Gasteiger partial charge in [0.2, 0.25) is 0 Å². The number of amides is 2. The highest BCUT2D eigenvalue weighted by atomic mass is 16.6. The van der Waals surface area contributed by atoms with Gasteiger partial charge in [0.25, 0.3) is 5.91 Å². The Morgan fingerprint density at radius 3 is 2.44 bits per heavy atom. The van der Waals surface area contributed by atoms with Gasteiger partial charge in [-0.3, -0.25) is 4.79 Å². The lowest BCUT2D eigenvalue weighted by atomic mass is 10.1. The Labute approximate surface area is 148 Å². The minimum atomic E-state index is -0.287. The van der Waals surface area contributed by atoms with Crippen molar-refractivity contribution in [2.24, 2.45) is 0 Å². The molecule has 1 N–H and O–H groups in total. The Bertz CT molecular complexity index is 570. The summed E-state index contributed by atoms with van der Waals surface area (Å²) in [5.74, 6) is 1.14. The minimum Gasteiger partial charge on any atom is -0.494 e. The topological polar surface area (TPSA) is 77.1 Å². The van der Waals surface area contributed by atoms with E-state index in [9.17, 15) is 9.59 Å². The number of rotatable bonds is 7. The summed E-state index contributed by atoms with van der Waals surface area (Å²) in [6.45, 7) is 5.77. The lowest BCUT2D eigenvalue weighted by molar-refractivity contribution is -0.124. The van der Waals surface area contributed by atoms with E-state index >= 15 is 0 Å². The van der Waals surface area contributed by atoms with Gasteiger partial charge < -0.3 is 24.4 Å². The maximum absolute atomic E-state index is 12.0. The van der Waals surface area contributed by atoms with Gasteiger partial charge in [-0.25, -0.2) is 4.79 Å². The molecule has 0 atom stereocenters. The van der Waals surface area contributed by atoms with Gasteiger partial charge in [0.1, 0.15) is 11.5 Å². The van der Waals surface area contributed by atoms with Crippen molar-refractivity contribution in [3.05, 3.63) is 24.3 Å². The summed E-state index contributed by atoms with van der Waals surface area (Å²) in [7, 11) is 0. The normalized spacial score (nSPS) is 14.7. The van der Waals surface area contributed by atoms with Crippen molar-refractivity contribution in [2.45, 2.75) is 32.7 Å². The van der Waals surface area contributed by atoms with Crippen molar-refractivity contribution >= 4 is 12.0 Å². The molecule has 0 bridgehead atoms. The molecular formula is C18H26N2O5. The van der Waals surface area contributed by atoms with Crippen LogP contribution < -0.4 is 14.8 Å². The molecule has 0 aromatic heterocycles. The first-order valence-corrected chi connectivity index (χ1v) is 8.69. The van der Waals surface area contributed by atoms with Crippen molar-refractivity contribution < 1.29 is 23.8 Å². The number of nitrogens with zero attached hydrogens (tertiary/aromatic N) is 1. The van der Waals surface area contributed by atoms with Gasteiger partial charge in [-0.1, -0.05) is 6.07 Å². The van der Waals surface area contributed by atoms with Crippen LogP contribution in [0.3, 0.4) is 0 Å². The molecule has 138 valence electrons. The van der Waals surface area contributed by atoms with Gasteiger partial charge in [-0.05, 0) is 38.8 Å². The zero-order chi connectivity index (χ0) is 18.1. The molecule has 1 saturated heterocycles. The van der Waals surface area contributed by atoms with Crippen LogP contribution in [-0.4, -0.2) is 55.9 Å². The molecule has 1 heterocycles. The van der Waals surface area contributed by atoms with Crippen molar-refractivity contribution in [2.75, 3.05) is 32.9 Å². The van der Waals surface area contributed by atoms with Crippen molar-refractivity contribution in [3.8, 4) is 11.5 Å². The maximum Gasteiger partial charge on any atom is 0.409 e. The van der Waals surface area contributed by atoms with E-state index in [2.05, 4.69) is 5.32 Å². The van der Waals surface area contributed by atoms with Gasteiger partial charge in [0, 0.05) is 25.2 Å². The smallest absolute Gasteiger partial charge is 0.409 e. The molecule has 7 heteroatoms. The number of piperidine rings is 1. The Balaban J connectivity index is 1.71. The van der Waals surface area contributed by atoms with E-state index in [1.807, 2.05) is 19.1 Å². The van der Waals surface area contributed by atoms with E-state index in [4.69, 9.17) is 14.2 Å². The molecule has 1 aromatic rings. The monoisotopic (exact) mass is 350 g/mol. The molecule has 1 fully saturated rings. The number of ether oxygens (including phenoxy) is 3. The van der Waals surface area contributed by atoms with Crippen LogP contribution in [0.2, 0.25) is 0 Å². The van der Waals surface area contributed by atoms with Crippen LogP contribution in [0.25, 0.3) is 0 Å². The predicted molar refractivity (Wildman–Crippen MR) is 92.9 cm³/mol. The maximum atomic E-state index is 12.0. The molecule has 2 amide bonds. The summed E-state index contributed by atoms with van der Waals surface area (Å²) in [6.07, 6.45) is 1.14. The number of hydrogen-bond acceptors (Lipinski definition) is 5. The fourth-order valence-corrected chi connectivity index (χ4v) is 2.66. The summed E-state index contributed by atoms with van der Waals surface area (Å²) in [5, 5.41) is 2.95. The first-order chi connectivity index (χ1) is 12.1. The third kappa shape index (κ3) is 6.17. The molecular weight excluding hydrogens is 324 g/mol. The number of likely N-dealkylation sites (tertiary alicyclic amines) is 1. The van der Waals surface area contributed by atoms with Crippen LogP contribution in [0.1, 0.15) is 26.7 Å². The average molecular weight is 350 g/mol. The SMILES string of the molecule is CCOC(=O)N1CCC(NC(=O)COc2cccc(OCC)c2)CC1. The highest BCUT2D eigenvalue weighted by molar-refractivity contribution is 5.78. The average Bonchev–Trinajstić information content (AvgIpc) is 2.61. The molecule has 1 aliphatic rings. The van der Waals surface area contributed by atoms with Gasteiger partial charge in [0.15, 0.2) is 6.61 Å². The van der Waals surface area contributed by atoms with E-state index in [-0.39, 0.29) is 24.6 Å². The number of benzene rings is 1. The van der Waals surface area contributed by atoms with Gasteiger partial charge in [-0.15, -0.1) is 0 Å². The summed E-state index contributed by atoms with van der Waals surface area (Å²) >= 11 is 0. The van der Waals surface area contributed by atoms with Crippen molar-refractivity contribution in [1.82, 2.24) is 10.2 Å². The molecule has 0 spiro atoms. The van der Waals surface area contributed by atoms with E-state index in [0.717, 1.165) is 0 Å². The second kappa shape index (κ2) is 9.76. The molecule has 1 aliphatic heterocycles. The Morgan fingerprint density at radius 1 is 1.12 bits per heavy atom. The third-order valence-corrected chi connectivity index (χ3v) is 3.87. The van der Waals surface area contributed by atoms with Gasteiger partial charge in [-0.2, -0.15) is 0 Å². The second-order valence-electron chi connectivity index (χ2n) is 5.72. The van der Waals surface area contributed by atoms with E-state index in [1.54, 1.807) is 24.0 Å². The zero-order valence-electron chi connectivity index (χ0n) is 14.8. The molecule has 0 unspecified atom stereocenters. The van der Waals surface area contributed by atoms with Crippen LogP contribution in [0.5, 0.6) is 11.5 Å². The first-order valence-electron chi connectivity index (χ1n) is 8.69. The number of hydrogen-bond donors (Lipinski definition) is 1. The van der Waals surface area contributed by atoms with Gasteiger partial charge >= 0.3 is 6.09 Å². The van der Waals surface area contributed by atoms with Gasteiger partial charge in [0.05, 0.1) is 13.2 Å². The van der Waals surface area contributed by atoms with Crippen molar-refractivity contribution in [3.63, 3.8) is 0 Å². The minimum absolute atomic E-state index is 0.0479. The second-order valence-corrected chi connectivity index (χ2v) is 5.72. The van der Waals surface area contributed by atoms with Crippen LogP contribution in [0, 0.1) is 0 Å². The van der Waals surface area contributed by atoms with E-state index in [1.165, 1.54) is 0 Å². The van der Waals surface area contributed by atoms with E-state index in [0.29, 0.717) is 50.6 Å². The lowest BCUT2D eigenvalue weighted by Gasteiger charge is -2.31. The summed E-state index contributed by atoms with van der Waals surface area (Å²) in [5.41, 5.74) is 0. The summed E-state index contributed by atoms with van der Waals surface area (Å²) in [6, 6.07) is 7.26. The highest BCUT2D eigenvalue weighted by Crippen LogP contribution is 2.19. The number of carbonyl (C=O) groups is 2. The van der Waals surface area contributed by atoms with Crippen LogP contribution in [0.15, 0.2) is 24.3 Å². The Hall–Kier alpha value is -2.44. The quantitative estimate of drug-likeness (QED) is 0.816. The zero-order valence-corrected chi connectivity index (χ0v) is 14.8. The number of nitrogens with one attached hydrogen (secondary N) is 1. The molecule has 0 aliphatic carbocycles. The largest absolute Gasteiger partial charge is 0.494 e. The van der Waals surface area contributed by atoms with Crippen LogP contribution in [-0.2, 0) is 9.53 Å². The molecule has 25 heavy (non-hydrogen) atoms. The van der Waals surface area contributed by atoms with Crippen LogP contribution in [0.4, 0.5) is 4.79 Å². The summed E-state index contributed by atoms with van der Waals surface area (Å²) < 4.78 is 15.9. The van der Waals surface area contributed by atoms with E-state index < -0.39 is 0 Å². The standard InChI is InChI=1S/C18H26N2O5/c1-3-23-15-6-5-7-16(12-15)25-13-17(21)19-14-8-10-20(11-9-14)18(22)24-4-2/h5-7,12,14H,3-4,8-11,13H2,1-2H3,(H,19,21). The molecule has 7 nitrogen and oxygen atoms in total. The molecule has 0 radical (unpaired) electrons. The Kier molecular flexibility index (Phi) is 7.37. The fourth-order valence-electron chi connectivity index (χ4n) is 2.66. The molecule has 0 saturated carbocycles. The molecule has 2 rings (SSSR count). The fraction of sp³-hybridized carbons (Fsp3) is 0.556.